The van der Waals surface area contributed by atoms with Crippen LogP contribution in [0.1, 0.15) is 40.5 Å². The first-order valence-electron chi connectivity index (χ1n) is 7.38. The van der Waals surface area contributed by atoms with E-state index in [9.17, 15) is 0 Å². The van der Waals surface area contributed by atoms with Crippen LogP contribution in [0.3, 0.4) is 0 Å². The predicted molar refractivity (Wildman–Crippen MR) is 92.6 cm³/mol. The van der Waals surface area contributed by atoms with E-state index in [0.717, 1.165) is 29.6 Å². The van der Waals surface area contributed by atoms with Gasteiger partial charge in [-0.15, -0.1) is 0 Å². The summed E-state index contributed by atoms with van der Waals surface area (Å²) in [7, 11) is 0. The number of nitrogens with two attached hydrogens (primary N) is 1. The Morgan fingerprint density at radius 3 is 2.10 bits per heavy atom. The molecule has 0 aromatic carbocycles. The molecule has 0 spiro atoms. The number of hydrogen-bond acceptors (Lipinski definition) is 1. The van der Waals surface area contributed by atoms with Crippen molar-refractivity contribution in [2.75, 3.05) is 0 Å². The molecule has 0 aromatic heterocycles. The van der Waals surface area contributed by atoms with Crippen LogP contribution in [0, 0.1) is 11.8 Å². The molecule has 20 heavy (non-hydrogen) atoms. The van der Waals surface area contributed by atoms with Crippen LogP contribution >= 0.6 is 0 Å². The van der Waals surface area contributed by atoms with E-state index in [4.69, 9.17) is 5.73 Å². The smallest absolute Gasteiger partial charge is 0.00734 e. The summed E-state index contributed by atoms with van der Waals surface area (Å²) < 4.78 is 0. The third-order valence-electron chi connectivity index (χ3n) is 4.09. The van der Waals surface area contributed by atoms with Gasteiger partial charge in [-0.05, 0) is 48.3 Å². The second-order valence-corrected chi connectivity index (χ2v) is 5.77. The Morgan fingerprint density at radius 1 is 1.15 bits per heavy atom. The maximum absolute atomic E-state index is 5.91. The molecule has 3 unspecified atom stereocenters. The molecule has 0 saturated heterocycles. The Labute approximate surface area is 125 Å². The lowest BCUT2D eigenvalue weighted by atomic mass is 9.88. The second kappa shape index (κ2) is 8.76. The molecule has 1 heteroatoms. The zero-order valence-electron chi connectivity index (χ0n) is 13.7. The fraction of sp³-hybridized carbons (Fsp3) is 0.474. The molecule has 0 bridgehead atoms. The van der Waals surface area contributed by atoms with Crippen molar-refractivity contribution in [3.63, 3.8) is 0 Å². The Hall–Kier alpha value is -1.34. The molecule has 3 atom stereocenters. The summed E-state index contributed by atoms with van der Waals surface area (Å²) in [5, 5.41) is 0. The van der Waals surface area contributed by atoms with Gasteiger partial charge in [0.05, 0.1) is 0 Å². The van der Waals surface area contributed by atoms with Crippen LogP contribution in [-0.2, 0) is 0 Å². The van der Waals surface area contributed by atoms with Gasteiger partial charge in [-0.25, -0.2) is 0 Å². The summed E-state index contributed by atoms with van der Waals surface area (Å²) in [5.41, 5.74) is 10.2. The lowest BCUT2D eigenvalue weighted by molar-refractivity contribution is 0.545. The van der Waals surface area contributed by atoms with Gasteiger partial charge in [0.2, 0.25) is 0 Å². The molecule has 2 N–H and O–H groups in total. The molecule has 0 fully saturated rings. The molecule has 0 amide bonds. The maximum atomic E-state index is 5.91. The summed E-state index contributed by atoms with van der Waals surface area (Å²) in [5.74, 6) is 0.778. The largest absolute Gasteiger partial charge is 0.327 e. The van der Waals surface area contributed by atoms with Gasteiger partial charge in [-0.2, -0.15) is 0 Å². The average molecular weight is 273 g/mol. The molecule has 0 aliphatic heterocycles. The molecule has 0 aromatic rings. The fourth-order valence-electron chi connectivity index (χ4n) is 1.86. The van der Waals surface area contributed by atoms with Crippen LogP contribution in [0.5, 0.6) is 0 Å². The Bertz CT molecular complexity index is 409. The topological polar surface area (TPSA) is 26.0 Å². The van der Waals surface area contributed by atoms with E-state index in [1.807, 2.05) is 13.0 Å². The zero-order valence-corrected chi connectivity index (χ0v) is 13.7. The summed E-state index contributed by atoms with van der Waals surface area (Å²) in [6.07, 6.45) is 5.84. The molecule has 1 nitrogen and oxygen atoms in total. The molecule has 0 rings (SSSR count). The summed E-state index contributed by atoms with van der Waals surface area (Å²) in [6, 6.07) is 0.114. The van der Waals surface area contributed by atoms with Crippen LogP contribution in [-0.4, -0.2) is 6.04 Å². The van der Waals surface area contributed by atoms with Crippen LogP contribution in [0.4, 0.5) is 0 Å². The molecule has 0 radical (unpaired) electrons. The van der Waals surface area contributed by atoms with Crippen LogP contribution < -0.4 is 5.73 Å². The van der Waals surface area contributed by atoms with E-state index in [2.05, 4.69) is 53.2 Å². The lowest BCUT2D eigenvalue weighted by Gasteiger charge is -2.20. The van der Waals surface area contributed by atoms with Gasteiger partial charge in [0.25, 0.3) is 0 Å². The van der Waals surface area contributed by atoms with Crippen LogP contribution in [0.2, 0.25) is 0 Å². The molecule has 0 aliphatic carbocycles. The van der Waals surface area contributed by atoms with E-state index < -0.39 is 0 Å². The van der Waals surface area contributed by atoms with E-state index in [0.29, 0.717) is 5.92 Å². The molecular weight excluding hydrogens is 242 g/mol. The van der Waals surface area contributed by atoms with Crippen molar-refractivity contribution in [3.8, 4) is 0 Å². The van der Waals surface area contributed by atoms with Gasteiger partial charge in [-0.1, -0.05) is 64.8 Å². The van der Waals surface area contributed by atoms with E-state index in [-0.39, 0.29) is 12.0 Å². The first kappa shape index (κ1) is 18.7. The average Bonchev–Trinajstić information content (AvgIpc) is 2.42. The Kier molecular flexibility index (Phi) is 8.17. The van der Waals surface area contributed by atoms with Crippen molar-refractivity contribution in [2.45, 2.75) is 46.6 Å². The molecule has 0 saturated carbocycles. The van der Waals surface area contributed by atoms with Crippen molar-refractivity contribution in [3.05, 3.63) is 60.8 Å². The minimum Gasteiger partial charge on any atom is -0.327 e. The number of rotatable bonds is 9. The highest BCUT2D eigenvalue weighted by molar-refractivity contribution is 5.42. The van der Waals surface area contributed by atoms with Crippen molar-refractivity contribution in [2.24, 2.45) is 17.6 Å². The minimum absolute atomic E-state index is 0.114. The Balaban J connectivity index is 4.79. The summed E-state index contributed by atoms with van der Waals surface area (Å²) in [4.78, 5) is 0. The number of hydrogen-bond donors (Lipinski definition) is 1. The normalized spacial score (nSPS) is 16.1. The van der Waals surface area contributed by atoms with Gasteiger partial charge in [0, 0.05) is 6.04 Å². The molecular formula is C19H31N. The van der Waals surface area contributed by atoms with Crippen molar-refractivity contribution in [1.82, 2.24) is 0 Å². The molecule has 112 valence electrons. The van der Waals surface area contributed by atoms with E-state index in [1.54, 1.807) is 0 Å². The van der Waals surface area contributed by atoms with Crippen molar-refractivity contribution >= 4 is 0 Å². The monoisotopic (exact) mass is 273 g/mol. The van der Waals surface area contributed by atoms with E-state index in [1.165, 1.54) is 5.57 Å². The van der Waals surface area contributed by atoms with Gasteiger partial charge >= 0.3 is 0 Å². The number of allylic oxidation sites excluding steroid dienone is 5. The van der Waals surface area contributed by atoms with Gasteiger partial charge in [0.15, 0.2) is 0 Å². The summed E-state index contributed by atoms with van der Waals surface area (Å²) >= 11 is 0. The standard InChI is InChI=1S/C19H31N/c1-9-13(3)19(10-2)12-15(5)14(4)11-16(6)17(7)18(8)20/h10,12-13,17-18H,2,4-6,9,11,20H2,1,3,7-8H3/b19-12-. The van der Waals surface area contributed by atoms with Gasteiger partial charge in [-0.3, -0.25) is 0 Å². The second-order valence-electron chi connectivity index (χ2n) is 5.77. The highest BCUT2D eigenvalue weighted by atomic mass is 14.6. The van der Waals surface area contributed by atoms with Crippen molar-refractivity contribution in [1.29, 1.82) is 0 Å². The lowest BCUT2D eigenvalue weighted by Crippen LogP contribution is -2.25. The van der Waals surface area contributed by atoms with Gasteiger partial charge in [0.1, 0.15) is 0 Å². The van der Waals surface area contributed by atoms with Gasteiger partial charge < -0.3 is 5.73 Å². The maximum Gasteiger partial charge on any atom is 0.00734 e. The predicted octanol–water partition coefficient (Wildman–Crippen LogP) is 5.19. The molecule has 0 aliphatic rings. The minimum atomic E-state index is 0.114. The zero-order chi connectivity index (χ0) is 15.9. The van der Waals surface area contributed by atoms with Crippen LogP contribution in [0.15, 0.2) is 60.8 Å². The van der Waals surface area contributed by atoms with E-state index >= 15 is 0 Å². The fourth-order valence-corrected chi connectivity index (χ4v) is 1.86. The summed E-state index contributed by atoms with van der Waals surface area (Å²) in [6.45, 7) is 24.7. The quantitative estimate of drug-likeness (QED) is 0.454. The van der Waals surface area contributed by atoms with Crippen molar-refractivity contribution < 1.29 is 0 Å². The molecule has 0 heterocycles. The van der Waals surface area contributed by atoms with Crippen LogP contribution in [0.25, 0.3) is 0 Å². The first-order valence-corrected chi connectivity index (χ1v) is 7.38. The highest BCUT2D eigenvalue weighted by Gasteiger charge is 2.13. The SMILES string of the molecule is C=C/C(=C/C(=C)C(=C)CC(=C)C(C)C(C)N)C(C)CC. The Morgan fingerprint density at radius 2 is 1.70 bits per heavy atom. The first-order chi connectivity index (χ1) is 9.24. The highest BCUT2D eigenvalue weighted by Crippen LogP contribution is 2.25. The third-order valence-corrected chi connectivity index (χ3v) is 4.09. The third kappa shape index (κ3) is 5.75.